The average molecular weight is 300 g/mol. The first-order chi connectivity index (χ1) is 7.90. The first-order valence-corrected chi connectivity index (χ1v) is 6.44. The average Bonchev–Trinajstić information content (AvgIpc) is 2.20. The van der Waals surface area contributed by atoms with Crippen molar-refractivity contribution >= 4 is 27.6 Å². The number of rotatable bonds is 5. The molecule has 4 heteroatoms. The SMILES string of the molecule is Cc1cc(C)c(NC(C)CCC(=O)O)c(Br)c1. The zero-order chi connectivity index (χ0) is 13.0. The minimum absolute atomic E-state index is 0.142. The van der Waals surface area contributed by atoms with E-state index in [1.165, 1.54) is 11.1 Å². The molecular formula is C13H18BrNO2. The number of carbonyl (C=O) groups is 1. The number of benzene rings is 1. The molecule has 2 N–H and O–H groups in total. The maximum Gasteiger partial charge on any atom is 0.303 e. The number of carboxylic acid groups (broad SMARTS) is 1. The second-order valence-electron chi connectivity index (χ2n) is 4.42. The van der Waals surface area contributed by atoms with Crippen LogP contribution in [-0.2, 0) is 4.79 Å². The summed E-state index contributed by atoms with van der Waals surface area (Å²) in [6.45, 7) is 6.09. The molecular weight excluding hydrogens is 282 g/mol. The molecule has 0 aliphatic rings. The third kappa shape index (κ3) is 4.38. The van der Waals surface area contributed by atoms with E-state index in [1.807, 2.05) is 13.8 Å². The molecule has 0 radical (unpaired) electrons. The fourth-order valence-electron chi connectivity index (χ4n) is 1.76. The highest BCUT2D eigenvalue weighted by molar-refractivity contribution is 9.10. The van der Waals surface area contributed by atoms with Crippen LogP contribution in [0.4, 0.5) is 5.69 Å². The van der Waals surface area contributed by atoms with Crippen LogP contribution in [0, 0.1) is 13.8 Å². The highest BCUT2D eigenvalue weighted by atomic mass is 79.9. The molecule has 1 aromatic rings. The zero-order valence-electron chi connectivity index (χ0n) is 10.4. The molecule has 0 saturated heterocycles. The Morgan fingerprint density at radius 2 is 2.12 bits per heavy atom. The lowest BCUT2D eigenvalue weighted by molar-refractivity contribution is -0.137. The zero-order valence-corrected chi connectivity index (χ0v) is 12.0. The van der Waals surface area contributed by atoms with Gasteiger partial charge in [-0.2, -0.15) is 0 Å². The van der Waals surface area contributed by atoms with Crippen molar-refractivity contribution in [2.24, 2.45) is 0 Å². The van der Waals surface area contributed by atoms with Crippen molar-refractivity contribution in [1.82, 2.24) is 0 Å². The van der Waals surface area contributed by atoms with E-state index in [-0.39, 0.29) is 12.5 Å². The van der Waals surface area contributed by atoms with Gasteiger partial charge in [0.15, 0.2) is 0 Å². The third-order valence-electron chi connectivity index (χ3n) is 2.61. The predicted octanol–water partition coefficient (Wildman–Crippen LogP) is 3.73. The van der Waals surface area contributed by atoms with E-state index in [9.17, 15) is 4.79 Å². The van der Waals surface area contributed by atoms with Gasteiger partial charge in [0, 0.05) is 16.9 Å². The van der Waals surface area contributed by atoms with Crippen molar-refractivity contribution < 1.29 is 9.90 Å². The molecule has 17 heavy (non-hydrogen) atoms. The molecule has 0 aliphatic heterocycles. The molecule has 0 amide bonds. The molecule has 3 nitrogen and oxygen atoms in total. The standard InChI is InChI=1S/C13H18BrNO2/c1-8-6-9(2)13(11(14)7-8)15-10(3)4-5-12(16)17/h6-7,10,15H,4-5H2,1-3H3,(H,16,17). The van der Waals surface area contributed by atoms with Crippen LogP contribution in [0.15, 0.2) is 16.6 Å². The minimum atomic E-state index is -0.752. The summed E-state index contributed by atoms with van der Waals surface area (Å²) in [5.74, 6) is -0.752. The van der Waals surface area contributed by atoms with Gasteiger partial charge < -0.3 is 10.4 Å². The lowest BCUT2D eigenvalue weighted by Crippen LogP contribution is -2.17. The quantitative estimate of drug-likeness (QED) is 0.871. The molecule has 0 fully saturated rings. The molecule has 0 bridgehead atoms. The number of carboxylic acids is 1. The first kappa shape index (κ1) is 14.0. The Kier molecular flexibility index (Phi) is 5.00. The van der Waals surface area contributed by atoms with Crippen molar-refractivity contribution in [2.45, 2.75) is 39.7 Å². The molecule has 1 rings (SSSR count). The topological polar surface area (TPSA) is 49.3 Å². The fourth-order valence-corrected chi connectivity index (χ4v) is 2.55. The second kappa shape index (κ2) is 6.05. The van der Waals surface area contributed by atoms with Crippen LogP contribution in [0.1, 0.15) is 30.9 Å². The number of aliphatic carboxylic acids is 1. The van der Waals surface area contributed by atoms with Crippen molar-refractivity contribution in [3.8, 4) is 0 Å². The van der Waals surface area contributed by atoms with Crippen LogP contribution in [0.5, 0.6) is 0 Å². The van der Waals surface area contributed by atoms with E-state index < -0.39 is 5.97 Å². The number of halogens is 1. The van der Waals surface area contributed by atoms with E-state index in [0.29, 0.717) is 6.42 Å². The Morgan fingerprint density at radius 1 is 1.47 bits per heavy atom. The lowest BCUT2D eigenvalue weighted by atomic mass is 10.1. The molecule has 1 aromatic carbocycles. The molecule has 0 aliphatic carbocycles. The molecule has 94 valence electrons. The van der Waals surface area contributed by atoms with E-state index in [1.54, 1.807) is 0 Å². The highest BCUT2D eigenvalue weighted by Gasteiger charge is 2.09. The van der Waals surface area contributed by atoms with Crippen LogP contribution in [0.3, 0.4) is 0 Å². The maximum absolute atomic E-state index is 10.5. The largest absolute Gasteiger partial charge is 0.481 e. The van der Waals surface area contributed by atoms with E-state index in [4.69, 9.17) is 5.11 Å². The van der Waals surface area contributed by atoms with Crippen LogP contribution >= 0.6 is 15.9 Å². The van der Waals surface area contributed by atoms with E-state index in [2.05, 4.69) is 40.3 Å². The summed E-state index contributed by atoms with van der Waals surface area (Å²) in [6.07, 6.45) is 0.811. The van der Waals surface area contributed by atoms with Crippen molar-refractivity contribution in [3.63, 3.8) is 0 Å². The summed E-state index contributed by atoms with van der Waals surface area (Å²) in [4.78, 5) is 10.5. The van der Waals surface area contributed by atoms with E-state index in [0.717, 1.165) is 10.2 Å². The number of nitrogens with one attached hydrogen (secondary N) is 1. The molecule has 0 spiro atoms. The fraction of sp³-hybridized carbons (Fsp3) is 0.462. The minimum Gasteiger partial charge on any atom is -0.481 e. The third-order valence-corrected chi connectivity index (χ3v) is 3.24. The summed E-state index contributed by atoms with van der Waals surface area (Å²) < 4.78 is 1.03. The van der Waals surface area contributed by atoms with Crippen LogP contribution in [0.2, 0.25) is 0 Å². The van der Waals surface area contributed by atoms with Crippen molar-refractivity contribution in [2.75, 3.05) is 5.32 Å². The summed E-state index contributed by atoms with van der Waals surface area (Å²) in [5.41, 5.74) is 3.42. The van der Waals surface area contributed by atoms with Gasteiger partial charge in [-0.05, 0) is 60.3 Å². The maximum atomic E-state index is 10.5. The Bertz CT molecular complexity index is 395. The van der Waals surface area contributed by atoms with Crippen LogP contribution in [0.25, 0.3) is 0 Å². The van der Waals surface area contributed by atoms with Gasteiger partial charge in [0.1, 0.15) is 0 Å². The smallest absolute Gasteiger partial charge is 0.303 e. The van der Waals surface area contributed by atoms with Gasteiger partial charge in [-0.1, -0.05) is 6.07 Å². The lowest BCUT2D eigenvalue weighted by Gasteiger charge is -2.18. The Labute approximate surface area is 110 Å². The highest BCUT2D eigenvalue weighted by Crippen LogP contribution is 2.28. The molecule has 1 atom stereocenters. The Morgan fingerprint density at radius 3 is 2.65 bits per heavy atom. The molecule has 0 aromatic heterocycles. The van der Waals surface area contributed by atoms with Gasteiger partial charge in [-0.15, -0.1) is 0 Å². The normalized spacial score (nSPS) is 12.2. The molecule has 1 unspecified atom stereocenters. The predicted molar refractivity (Wildman–Crippen MR) is 73.6 cm³/mol. The molecule has 0 heterocycles. The summed E-state index contributed by atoms with van der Waals surface area (Å²) in [7, 11) is 0. The van der Waals surface area contributed by atoms with Gasteiger partial charge in [0.05, 0.1) is 5.69 Å². The van der Waals surface area contributed by atoms with Gasteiger partial charge >= 0.3 is 5.97 Å². The molecule has 0 saturated carbocycles. The van der Waals surface area contributed by atoms with Gasteiger partial charge in [0.2, 0.25) is 0 Å². The van der Waals surface area contributed by atoms with Crippen molar-refractivity contribution in [3.05, 3.63) is 27.7 Å². The summed E-state index contributed by atoms with van der Waals surface area (Å²) in [6, 6.07) is 4.31. The van der Waals surface area contributed by atoms with Gasteiger partial charge in [-0.3, -0.25) is 4.79 Å². The number of anilines is 1. The van der Waals surface area contributed by atoms with E-state index >= 15 is 0 Å². The number of hydrogen-bond donors (Lipinski definition) is 2. The van der Waals surface area contributed by atoms with Crippen LogP contribution in [-0.4, -0.2) is 17.1 Å². The summed E-state index contributed by atoms with van der Waals surface area (Å²) in [5, 5.41) is 12.0. The van der Waals surface area contributed by atoms with Gasteiger partial charge in [-0.25, -0.2) is 0 Å². The van der Waals surface area contributed by atoms with Crippen molar-refractivity contribution in [1.29, 1.82) is 0 Å². The number of hydrogen-bond acceptors (Lipinski definition) is 2. The van der Waals surface area contributed by atoms with Gasteiger partial charge in [0.25, 0.3) is 0 Å². The van der Waals surface area contributed by atoms with Crippen LogP contribution < -0.4 is 5.32 Å². The summed E-state index contributed by atoms with van der Waals surface area (Å²) >= 11 is 3.53. The second-order valence-corrected chi connectivity index (χ2v) is 5.27. The Hall–Kier alpha value is -1.03. The Balaban J connectivity index is 2.71. The monoisotopic (exact) mass is 299 g/mol. The number of aryl methyl sites for hydroxylation is 2. The first-order valence-electron chi connectivity index (χ1n) is 5.65.